The molecule has 0 bridgehead atoms. The smallest absolute Gasteiger partial charge is 0.322 e. The molecule has 1 aromatic heterocycles. The number of hydrogen-bond acceptors (Lipinski definition) is 6. The van der Waals surface area contributed by atoms with Crippen molar-refractivity contribution in [3.63, 3.8) is 0 Å². The van der Waals surface area contributed by atoms with Gasteiger partial charge in [-0.3, -0.25) is 10.1 Å². The van der Waals surface area contributed by atoms with Crippen LogP contribution in [-0.2, 0) is 0 Å². The quantitative estimate of drug-likeness (QED) is 0.671. The van der Waals surface area contributed by atoms with E-state index in [1.807, 2.05) is 49.6 Å². The molecule has 3 aromatic rings. The molecule has 0 atom stereocenters. The van der Waals surface area contributed by atoms with Gasteiger partial charge in [0.2, 0.25) is 5.89 Å². The van der Waals surface area contributed by atoms with Crippen molar-refractivity contribution in [2.24, 2.45) is 0 Å². The van der Waals surface area contributed by atoms with Gasteiger partial charge in [-0.05, 0) is 61.7 Å². The Balaban J connectivity index is 1.69. The summed E-state index contributed by atoms with van der Waals surface area (Å²) in [4.78, 5) is 13.3. The van der Waals surface area contributed by atoms with E-state index in [0.29, 0.717) is 18.1 Å². The summed E-state index contributed by atoms with van der Waals surface area (Å²) in [6.07, 6.45) is 1.98. The first-order valence-electron chi connectivity index (χ1n) is 7.71. The number of benzene rings is 2. The van der Waals surface area contributed by atoms with E-state index < -0.39 is 0 Å². The number of ether oxygens (including phenoxy) is 1. The molecular weight excluding hydrogens is 338 g/mol. The number of rotatable bonds is 6. The molecule has 0 aliphatic heterocycles. The van der Waals surface area contributed by atoms with Crippen molar-refractivity contribution in [2.45, 2.75) is 11.8 Å². The van der Waals surface area contributed by atoms with Crippen molar-refractivity contribution < 1.29 is 13.9 Å². The lowest BCUT2D eigenvalue weighted by Crippen LogP contribution is -2.11. The molecule has 3 rings (SSSR count). The van der Waals surface area contributed by atoms with Gasteiger partial charge in [0, 0.05) is 16.0 Å². The van der Waals surface area contributed by atoms with Gasteiger partial charge in [0.15, 0.2) is 0 Å². The first-order valence-corrected chi connectivity index (χ1v) is 8.94. The maximum Gasteiger partial charge on any atom is 0.322 e. The van der Waals surface area contributed by atoms with E-state index >= 15 is 0 Å². The average molecular weight is 355 g/mol. The highest BCUT2D eigenvalue weighted by Crippen LogP contribution is 2.23. The summed E-state index contributed by atoms with van der Waals surface area (Å²) in [6.45, 7) is 2.53. The van der Waals surface area contributed by atoms with E-state index in [1.165, 1.54) is 0 Å². The minimum absolute atomic E-state index is 0.0582. The van der Waals surface area contributed by atoms with Crippen LogP contribution in [-0.4, -0.2) is 29.0 Å². The van der Waals surface area contributed by atoms with E-state index in [0.717, 1.165) is 16.2 Å². The number of amides is 1. The molecule has 0 aliphatic carbocycles. The molecule has 7 heteroatoms. The molecule has 128 valence electrons. The highest BCUT2D eigenvalue weighted by atomic mass is 32.2. The van der Waals surface area contributed by atoms with Crippen LogP contribution in [0, 0.1) is 0 Å². The van der Waals surface area contributed by atoms with E-state index in [1.54, 1.807) is 23.9 Å². The molecule has 0 unspecified atom stereocenters. The van der Waals surface area contributed by atoms with Gasteiger partial charge in [-0.25, -0.2) is 0 Å². The normalized spacial score (nSPS) is 10.5. The van der Waals surface area contributed by atoms with Crippen LogP contribution in [0.2, 0.25) is 0 Å². The predicted molar refractivity (Wildman–Crippen MR) is 97.1 cm³/mol. The SMILES string of the molecule is CCOc1ccc(-c2nnc(NC(=O)c3ccc(SC)cc3)o2)cc1. The molecule has 25 heavy (non-hydrogen) atoms. The summed E-state index contributed by atoms with van der Waals surface area (Å²) in [5, 5.41) is 10.4. The minimum Gasteiger partial charge on any atom is -0.494 e. The Labute approximate surface area is 149 Å². The second-order valence-corrected chi connectivity index (χ2v) is 5.93. The Hall–Kier alpha value is -2.80. The third-order valence-corrected chi connectivity index (χ3v) is 4.15. The van der Waals surface area contributed by atoms with Gasteiger partial charge in [-0.15, -0.1) is 16.9 Å². The Morgan fingerprint density at radius 1 is 1.12 bits per heavy atom. The number of thioether (sulfide) groups is 1. The molecule has 0 fully saturated rings. The molecule has 1 heterocycles. The fourth-order valence-electron chi connectivity index (χ4n) is 2.16. The van der Waals surface area contributed by atoms with Gasteiger partial charge in [0.05, 0.1) is 6.61 Å². The number of carbonyl (C=O) groups is 1. The highest BCUT2D eigenvalue weighted by Gasteiger charge is 2.13. The lowest BCUT2D eigenvalue weighted by molar-refractivity contribution is 0.102. The highest BCUT2D eigenvalue weighted by molar-refractivity contribution is 7.98. The number of carbonyl (C=O) groups excluding carboxylic acids is 1. The Morgan fingerprint density at radius 2 is 1.84 bits per heavy atom. The third-order valence-electron chi connectivity index (χ3n) is 3.41. The summed E-state index contributed by atoms with van der Waals surface area (Å²) in [5.74, 6) is 0.804. The molecule has 0 spiro atoms. The van der Waals surface area contributed by atoms with Crippen LogP contribution in [0.1, 0.15) is 17.3 Å². The van der Waals surface area contributed by atoms with E-state index in [2.05, 4.69) is 15.5 Å². The second kappa shape index (κ2) is 7.85. The number of aromatic nitrogens is 2. The fourth-order valence-corrected chi connectivity index (χ4v) is 2.57. The largest absolute Gasteiger partial charge is 0.494 e. The summed E-state index contributed by atoms with van der Waals surface area (Å²) < 4.78 is 10.9. The Bertz CT molecular complexity index is 845. The van der Waals surface area contributed by atoms with Crippen LogP contribution in [0.4, 0.5) is 6.01 Å². The van der Waals surface area contributed by atoms with Gasteiger partial charge in [-0.2, -0.15) is 0 Å². The maximum atomic E-state index is 12.2. The fraction of sp³-hybridized carbons (Fsp3) is 0.167. The molecule has 0 aliphatic rings. The zero-order valence-corrected chi connectivity index (χ0v) is 14.7. The van der Waals surface area contributed by atoms with E-state index in [-0.39, 0.29) is 11.9 Å². The zero-order valence-electron chi connectivity index (χ0n) is 13.9. The van der Waals surface area contributed by atoms with Gasteiger partial charge in [0.25, 0.3) is 5.91 Å². The van der Waals surface area contributed by atoms with Crippen molar-refractivity contribution in [2.75, 3.05) is 18.2 Å². The second-order valence-electron chi connectivity index (χ2n) is 5.05. The summed E-state index contributed by atoms with van der Waals surface area (Å²) in [6, 6.07) is 14.6. The van der Waals surface area contributed by atoms with Crippen molar-refractivity contribution in [3.05, 3.63) is 54.1 Å². The van der Waals surface area contributed by atoms with Crippen LogP contribution < -0.4 is 10.1 Å². The summed E-state index contributed by atoms with van der Waals surface area (Å²) in [7, 11) is 0. The van der Waals surface area contributed by atoms with E-state index in [4.69, 9.17) is 9.15 Å². The number of nitrogens with one attached hydrogen (secondary N) is 1. The molecule has 0 saturated carbocycles. The average Bonchev–Trinajstić information content (AvgIpc) is 3.11. The molecule has 0 radical (unpaired) electrons. The van der Waals surface area contributed by atoms with Crippen LogP contribution in [0.3, 0.4) is 0 Å². The maximum absolute atomic E-state index is 12.2. The van der Waals surface area contributed by atoms with Crippen LogP contribution in [0.25, 0.3) is 11.5 Å². The van der Waals surface area contributed by atoms with Crippen molar-refractivity contribution in [3.8, 4) is 17.2 Å². The number of nitrogens with zero attached hydrogens (tertiary/aromatic N) is 2. The molecule has 0 saturated heterocycles. The van der Waals surface area contributed by atoms with E-state index in [9.17, 15) is 4.79 Å². The lowest BCUT2D eigenvalue weighted by atomic mass is 10.2. The van der Waals surface area contributed by atoms with Crippen molar-refractivity contribution >= 4 is 23.7 Å². The van der Waals surface area contributed by atoms with Crippen LogP contribution in [0.15, 0.2) is 57.8 Å². The predicted octanol–water partition coefficient (Wildman–Crippen LogP) is 4.11. The summed E-state index contributed by atoms with van der Waals surface area (Å²) >= 11 is 1.62. The number of hydrogen-bond donors (Lipinski definition) is 1. The van der Waals surface area contributed by atoms with Crippen LogP contribution in [0.5, 0.6) is 5.75 Å². The molecule has 6 nitrogen and oxygen atoms in total. The van der Waals surface area contributed by atoms with Gasteiger partial charge < -0.3 is 9.15 Å². The topological polar surface area (TPSA) is 77.3 Å². The third kappa shape index (κ3) is 4.19. The first-order chi connectivity index (χ1) is 12.2. The van der Waals surface area contributed by atoms with Gasteiger partial charge in [0.1, 0.15) is 5.75 Å². The standard InChI is InChI=1S/C18H17N3O3S/c1-3-23-14-8-4-13(5-9-14)17-20-21-18(24-17)19-16(22)12-6-10-15(25-2)11-7-12/h4-11H,3H2,1-2H3,(H,19,21,22). The first kappa shape index (κ1) is 17.0. The summed E-state index contributed by atoms with van der Waals surface area (Å²) in [5.41, 5.74) is 1.28. The molecule has 1 N–H and O–H groups in total. The number of anilines is 1. The van der Waals surface area contributed by atoms with Gasteiger partial charge >= 0.3 is 6.01 Å². The molecular formula is C18H17N3O3S. The minimum atomic E-state index is -0.297. The van der Waals surface area contributed by atoms with Gasteiger partial charge in [-0.1, -0.05) is 5.10 Å². The molecule has 1 amide bonds. The zero-order chi connectivity index (χ0) is 17.6. The lowest BCUT2D eigenvalue weighted by Gasteiger charge is -2.02. The molecule has 2 aromatic carbocycles. The van der Waals surface area contributed by atoms with Crippen molar-refractivity contribution in [1.82, 2.24) is 10.2 Å². The van der Waals surface area contributed by atoms with Crippen molar-refractivity contribution in [1.29, 1.82) is 0 Å². The Morgan fingerprint density at radius 3 is 2.48 bits per heavy atom. The monoisotopic (exact) mass is 355 g/mol. The Kier molecular flexibility index (Phi) is 5.35. The van der Waals surface area contributed by atoms with Crippen LogP contribution >= 0.6 is 11.8 Å².